The lowest BCUT2D eigenvalue weighted by atomic mass is 10.1. The summed E-state index contributed by atoms with van der Waals surface area (Å²) in [6.45, 7) is 0.0878. The zero-order chi connectivity index (χ0) is 19.9. The van der Waals surface area contributed by atoms with Crippen LogP contribution in [0.2, 0.25) is 5.02 Å². The van der Waals surface area contributed by atoms with Crippen LogP contribution < -0.4 is 0 Å². The number of halogens is 4. The van der Waals surface area contributed by atoms with Crippen molar-refractivity contribution in [1.82, 2.24) is 24.4 Å². The average Bonchev–Trinajstić information content (AvgIpc) is 3.10. The lowest BCUT2D eigenvalue weighted by Crippen LogP contribution is -2.28. The molecular weight excluding hydrogens is 395 g/mol. The third-order valence-electron chi connectivity index (χ3n) is 4.21. The second kappa shape index (κ2) is 6.75. The zero-order valence-corrected chi connectivity index (χ0v) is 14.8. The van der Waals surface area contributed by atoms with Crippen molar-refractivity contribution in [3.05, 3.63) is 76.9 Å². The van der Waals surface area contributed by atoms with Crippen LogP contribution in [0.25, 0.3) is 11.9 Å². The Labute approximate surface area is 161 Å². The summed E-state index contributed by atoms with van der Waals surface area (Å²) in [5.41, 5.74) is 0.0101. The Morgan fingerprint density at radius 1 is 1.18 bits per heavy atom. The Bertz CT molecular complexity index is 1080. The maximum atomic E-state index is 13.0. The predicted octanol–water partition coefficient (Wildman–Crippen LogP) is 3.96. The summed E-state index contributed by atoms with van der Waals surface area (Å²) in [6, 6.07) is 3.26. The zero-order valence-electron chi connectivity index (χ0n) is 14.1. The summed E-state index contributed by atoms with van der Waals surface area (Å²) in [5.74, 6) is -0.0892. The molecule has 0 saturated heterocycles. The number of aromatic nitrogens is 4. The van der Waals surface area contributed by atoms with Gasteiger partial charge in [0.05, 0.1) is 40.3 Å². The number of imidazole rings is 1. The van der Waals surface area contributed by atoms with Crippen LogP contribution >= 0.6 is 11.6 Å². The number of alkyl halides is 3. The fourth-order valence-electron chi connectivity index (χ4n) is 2.88. The number of hydrogen-bond donors (Lipinski definition) is 0. The molecule has 0 saturated carbocycles. The first-order valence-corrected chi connectivity index (χ1v) is 8.41. The van der Waals surface area contributed by atoms with E-state index in [0.717, 1.165) is 12.1 Å². The van der Waals surface area contributed by atoms with Gasteiger partial charge in [0, 0.05) is 18.6 Å². The van der Waals surface area contributed by atoms with Crippen molar-refractivity contribution in [2.45, 2.75) is 12.7 Å². The van der Waals surface area contributed by atoms with Gasteiger partial charge in [0.1, 0.15) is 6.33 Å². The van der Waals surface area contributed by atoms with E-state index in [0.29, 0.717) is 17.2 Å². The fourth-order valence-corrected chi connectivity index (χ4v) is 3.19. The molecule has 0 aliphatic carbocycles. The Morgan fingerprint density at radius 3 is 2.71 bits per heavy atom. The predicted molar refractivity (Wildman–Crippen MR) is 94.5 cm³/mol. The number of rotatable bonds is 2. The largest absolute Gasteiger partial charge is 0.417 e. The van der Waals surface area contributed by atoms with Crippen LogP contribution in [0, 0.1) is 0 Å². The van der Waals surface area contributed by atoms with Crippen molar-refractivity contribution in [3.63, 3.8) is 0 Å². The number of carbonyl (C=O) groups is 1. The highest BCUT2D eigenvalue weighted by molar-refractivity contribution is 6.34. The summed E-state index contributed by atoms with van der Waals surface area (Å²) in [7, 11) is 0. The van der Waals surface area contributed by atoms with Crippen molar-refractivity contribution in [2.75, 3.05) is 0 Å². The number of nitrogens with zero attached hydrogens (tertiary/aromatic N) is 5. The van der Waals surface area contributed by atoms with Crippen molar-refractivity contribution >= 4 is 23.6 Å². The number of carbonyl (C=O) groups excluding carboxylic acids is 1. The first-order chi connectivity index (χ1) is 13.4. The Kier molecular flexibility index (Phi) is 4.38. The number of fused-ring (bicyclic) bond motifs is 1. The highest BCUT2D eigenvalue weighted by Gasteiger charge is 2.35. The number of amides is 1. The molecule has 1 aliphatic rings. The molecule has 1 aliphatic heterocycles. The molecule has 0 radical (unpaired) electrons. The molecular formula is C18H11ClF3N5O. The van der Waals surface area contributed by atoms with Crippen molar-refractivity contribution in [1.29, 1.82) is 0 Å². The molecule has 1 amide bonds. The quantitative estimate of drug-likeness (QED) is 0.647. The molecule has 0 spiro atoms. The molecule has 10 heteroatoms. The van der Waals surface area contributed by atoms with Crippen molar-refractivity contribution < 1.29 is 18.0 Å². The van der Waals surface area contributed by atoms with Crippen LogP contribution in [0.4, 0.5) is 13.2 Å². The molecule has 1 aromatic carbocycles. The molecule has 3 heterocycles. The first kappa shape index (κ1) is 18.2. The van der Waals surface area contributed by atoms with Crippen LogP contribution in [0.15, 0.2) is 49.3 Å². The van der Waals surface area contributed by atoms with E-state index in [9.17, 15) is 18.0 Å². The Hall–Kier alpha value is -3.20. The van der Waals surface area contributed by atoms with Gasteiger partial charge in [-0.2, -0.15) is 13.2 Å². The second-order valence-corrected chi connectivity index (χ2v) is 6.30. The summed E-state index contributed by atoms with van der Waals surface area (Å²) in [5, 5.41) is -0.621. The molecule has 6 nitrogen and oxygen atoms in total. The monoisotopic (exact) mass is 405 g/mol. The van der Waals surface area contributed by atoms with E-state index < -0.39 is 22.7 Å². The van der Waals surface area contributed by atoms with Gasteiger partial charge in [0.2, 0.25) is 0 Å². The molecule has 28 heavy (non-hydrogen) atoms. The Balaban J connectivity index is 1.64. The van der Waals surface area contributed by atoms with Gasteiger partial charge in [-0.3, -0.25) is 14.3 Å². The van der Waals surface area contributed by atoms with Gasteiger partial charge in [-0.25, -0.2) is 9.97 Å². The standard InChI is InChI=1S/C18H11ClF3N5O/c19-16-11(2-1-3-12(16)18(20,21)22)17(28)26-7-4-14-13(9-26)25-10-27(14)15-8-23-5-6-24-15/h1-8,10H,9H2. The summed E-state index contributed by atoms with van der Waals surface area (Å²) < 4.78 is 40.9. The number of hydrogen-bond acceptors (Lipinski definition) is 4. The fraction of sp³-hybridized carbons (Fsp3) is 0.111. The molecule has 0 fully saturated rings. The van der Waals surface area contributed by atoms with Crippen molar-refractivity contribution in [2.24, 2.45) is 0 Å². The molecule has 2 aromatic heterocycles. The average molecular weight is 406 g/mol. The summed E-state index contributed by atoms with van der Waals surface area (Å²) >= 11 is 5.87. The molecule has 4 rings (SSSR count). The lowest BCUT2D eigenvalue weighted by molar-refractivity contribution is -0.137. The summed E-state index contributed by atoms with van der Waals surface area (Å²) in [4.78, 5) is 26.5. The normalized spacial score (nSPS) is 13.5. The minimum atomic E-state index is -4.65. The summed E-state index contributed by atoms with van der Waals surface area (Å²) in [6.07, 6.45) is 4.67. The molecule has 3 aromatic rings. The van der Waals surface area contributed by atoms with E-state index in [1.165, 1.54) is 17.2 Å². The van der Waals surface area contributed by atoms with E-state index in [2.05, 4.69) is 15.0 Å². The maximum Gasteiger partial charge on any atom is 0.417 e. The van der Waals surface area contributed by atoms with Gasteiger partial charge >= 0.3 is 6.18 Å². The van der Waals surface area contributed by atoms with Crippen LogP contribution in [-0.4, -0.2) is 30.3 Å². The van der Waals surface area contributed by atoms with Crippen molar-refractivity contribution in [3.8, 4) is 5.82 Å². The molecule has 0 bridgehead atoms. The maximum absolute atomic E-state index is 13.0. The van der Waals surface area contributed by atoms with Gasteiger partial charge in [-0.1, -0.05) is 17.7 Å². The van der Waals surface area contributed by atoms with Gasteiger partial charge in [0.25, 0.3) is 5.91 Å². The van der Waals surface area contributed by atoms with Gasteiger partial charge in [-0.15, -0.1) is 0 Å². The van der Waals surface area contributed by atoms with Crippen LogP contribution in [-0.2, 0) is 12.7 Å². The van der Waals surface area contributed by atoms with E-state index in [1.54, 1.807) is 35.6 Å². The van der Waals surface area contributed by atoms with Gasteiger partial charge in [-0.05, 0) is 18.2 Å². The van der Waals surface area contributed by atoms with Gasteiger partial charge < -0.3 is 4.90 Å². The van der Waals surface area contributed by atoms with Crippen LogP contribution in [0.1, 0.15) is 27.3 Å². The molecule has 0 N–H and O–H groups in total. The topological polar surface area (TPSA) is 63.9 Å². The highest BCUT2D eigenvalue weighted by Crippen LogP contribution is 2.37. The lowest BCUT2D eigenvalue weighted by Gasteiger charge is -2.23. The first-order valence-electron chi connectivity index (χ1n) is 8.04. The van der Waals surface area contributed by atoms with Gasteiger partial charge in [0.15, 0.2) is 5.82 Å². The molecule has 142 valence electrons. The van der Waals surface area contributed by atoms with E-state index in [-0.39, 0.29) is 12.1 Å². The molecule has 0 unspecified atom stereocenters. The third-order valence-corrected chi connectivity index (χ3v) is 4.62. The minimum absolute atomic E-state index is 0.0878. The smallest absolute Gasteiger partial charge is 0.309 e. The third kappa shape index (κ3) is 3.13. The van der Waals surface area contributed by atoms with E-state index in [1.807, 2.05) is 0 Å². The second-order valence-electron chi connectivity index (χ2n) is 5.92. The highest BCUT2D eigenvalue weighted by atomic mass is 35.5. The SMILES string of the molecule is O=C(c1cccc(C(F)(F)F)c1Cl)N1C=Cc2c(ncn2-c2cnccn2)C1. The minimum Gasteiger partial charge on any atom is -0.309 e. The van der Waals surface area contributed by atoms with E-state index >= 15 is 0 Å². The van der Waals surface area contributed by atoms with E-state index in [4.69, 9.17) is 11.6 Å². The van der Waals surface area contributed by atoms with Crippen LogP contribution in [0.3, 0.4) is 0 Å². The molecule has 0 atom stereocenters. The van der Waals surface area contributed by atoms with Crippen LogP contribution in [0.5, 0.6) is 0 Å². The number of benzene rings is 1. The Morgan fingerprint density at radius 2 is 2.00 bits per heavy atom.